The summed E-state index contributed by atoms with van der Waals surface area (Å²) in [4.78, 5) is 48.2. The standard InChI is InChI=1S/C19H17N3O5/c23-16-14-4-1-2-5-15(14)17(24)22(16)11-3-10-20-19(27)21-13-8-6-12(7-9-13)18(25)26/h1-2,4-9H,3,10-11H2,(H,25,26)(H2,20,21,27). The molecular formula is C19H17N3O5. The zero-order valence-corrected chi connectivity index (χ0v) is 14.3. The number of anilines is 1. The third-order valence-corrected chi connectivity index (χ3v) is 4.11. The summed E-state index contributed by atoms with van der Waals surface area (Å²) >= 11 is 0. The molecule has 0 aliphatic carbocycles. The van der Waals surface area contributed by atoms with Gasteiger partial charge >= 0.3 is 12.0 Å². The van der Waals surface area contributed by atoms with E-state index < -0.39 is 12.0 Å². The lowest BCUT2D eigenvalue weighted by Crippen LogP contribution is -2.35. The summed E-state index contributed by atoms with van der Waals surface area (Å²) in [7, 11) is 0. The molecule has 0 aromatic heterocycles. The first-order chi connectivity index (χ1) is 13.0. The van der Waals surface area contributed by atoms with Gasteiger partial charge in [0.25, 0.3) is 11.8 Å². The molecule has 0 fully saturated rings. The normalized spacial score (nSPS) is 12.7. The van der Waals surface area contributed by atoms with Crippen LogP contribution in [0.3, 0.4) is 0 Å². The van der Waals surface area contributed by atoms with Crippen LogP contribution in [0, 0.1) is 0 Å². The zero-order valence-electron chi connectivity index (χ0n) is 14.3. The highest BCUT2D eigenvalue weighted by molar-refractivity contribution is 6.21. The smallest absolute Gasteiger partial charge is 0.335 e. The number of imide groups is 1. The van der Waals surface area contributed by atoms with E-state index in [4.69, 9.17) is 5.11 Å². The Labute approximate surface area is 154 Å². The van der Waals surface area contributed by atoms with Crippen LogP contribution in [0.5, 0.6) is 0 Å². The Hall–Kier alpha value is -3.68. The number of carbonyl (C=O) groups is 4. The molecule has 1 heterocycles. The monoisotopic (exact) mass is 367 g/mol. The summed E-state index contributed by atoms with van der Waals surface area (Å²) in [5.74, 6) is -1.68. The van der Waals surface area contributed by atoms with Gasteiger partial charge < -0.3 is 15.7 Å². The third kappa shape index (κ3) is 3.95. The van der Waals surface area contributed by atoms with Crippen molar-refractivity contribution in [2.24, 2.45) is 0 Å². The Morgan fingerprint density at radius 3 is 2.07 bits per heavy atom. The van der Waals surface area contributed by atoms with Crippen LogP contribution >= 0.6 is 0 Å². The average Bonchev–Trinajstić information content (AvgIpc) is 2.90. The molecule has 0 bridgehead atoms. The van der Waals surface area contributed by atoms with Crippen LogP contribution in [-0.4, -0.2) is 46.9 Å². The lowest BCUT2D eigenvalue weighted by Gasteiger charge is -2.14. The fraction of sp³-hybridized carbons (Fsp3) is 0.158. The topological polar surface area (TPSA) is 116 Å². The number of benzene rings is 2. The first kappa shape index (κ1) is 18.1. The molecule has 0 unspecified atom stereocenters. The second kappa shape index (κ2) is 7.69. The molecule has 0 atom stereocenters. The van der Waals surface area contributed by atoms with Gasteiger partial charge in [-0.05, 0) is 42.8 Å². The summed E-state index contributed by atoms with van der Waals surface area (Å²) in [6.07, 6.45) is 0.414. The van der Waals surface area contributed by atoms with Gasteiger partial charge in [0.05, 0.1) is 16.7 Å². The van der Waals surface area contributed by atoms with Crippen molar-refractivity contribution in [3.8, 4) is 0 Å². The highest BCUT2D eigenvalue weighted by atomic mass is 16.4. The predicted octanol–water partition coefficient (Wildman–Crippen LogP) is 2.19. The van der Waals surface area contributed by atoms with Crippen LogP contribution in [0.1, 0.15) is 37.5 Å². The fourth-order valence-electron chi connectivity index (χ4n) is 2.75. The number of fused-ring (bicyclic) bond motifs is 1. The van der Waals surface area contributed by atoms with Gasteiger partial charge in [0, 0.05) is 18.8 Å². The van der Waals surface area contributed by atoms with E-state index >= 15 is 0 Å². The molecule has 4 amide bonds. The lowest BCUT2D eigenvalue weighted by atomic mass is 10.1. The van der Waals surface area contributed by atoms with E-state index in [1.165, 1.54) is 29.2 Å². The van der Waals surface area contributed by atoms with Crippen LogP contribution in [-0.2, 0) is 0 Å². The fourth-order valence-corrected chi connectivity index (χ4v) is 2.75. The van der Waals surface area contributed by atoms with Crippen molar-refractivity contribution in [1.82, 2.24) is 10.2 Å². The van der Waals surface area contributed by atoms with Crippen molar-refractivity contribution in [2.75, 3.05) is 18.4 Å². The molecule has 2 aromatic rings. The molecule has 0 spiro atoms. The number of hydrogen-bond donors (Lipinski definition) is 3. The van der Waals surface area contributed by atoms with Crippen LogP contribution in [0.25, 0.3) is 0 Å². The maximum Gasteiger partial charge on any atom is 0.335 e. The highest BCUT2D eigenvalue weighted by Crippen LogP contribution is 2.22. The number of aromatic carboxylic acids is 1. The van der Waals surface area contributed by atoms with E-state index in [2.05, 4.69) is 10.6 Å². The zero-order chi connectivity index (χ0) is 19.4. The Balaban J connectivity index is 1.44. The molecule has 3 N–H and O–H groups in total. The van der Waals surface area contributed by atoms with E-state index in [-0.39, 0.29) is 30.5 Å². The summed E-state index contributed by atoms with van der Waals surface area (Å²) in [5.41, 5.74) is 1.38. The number of carboxylic acids is 1. The molecular weight excluding hydrogens is 350 g/mol. The van der Waals surface area contributed by atoms with Gasteiger partial charge in [-0.25, -0.2) is 9.59 Å². The minimum absolute atomic E-state index is 0.127. The third-order valence-electron chi connectivity index (χ3n) is 4.11. The minimum atomic E-state index is -1.04. The van der Waals surface area contributed by atoms with Crippen molar-refractivity contribution >= 4 is 29.5 Å². The second-order valence-electron chi connectivity index (χ2n) is 5.92. The van der Waals surface area contributed by atoms with E-state index in [0.29, 0.717) is 23.2 Å². The Bertz CT molecular complexity index is 873. The molecule has 1 aliphatic rings. The number of urea groups is 1. The molecule has 0 saturated carbocycles. The molecule has 0 saturated heterocycles. The van der Waals surface area contributed by atoms with Crippen LogP contribution in [0.4, 0.5) is 10.5 Å². The van der Waals surface area contributed by atoms with Crippen molar-refractivity contribution in [1.29, 1.82) is 0 Å². The summed E-state index contributed by atoms with van der Waals surface area (Å²) in [6.45, 7) is 0.479. The Kier molecular flexibility index (Phi) is 5.16. The maximum atomic E-state index is 12.2. The first-order valence-corrected chi connectivity index (χ1v) is 8.31. The van der Waals surface area contributed by atoms with Crippen molar-refractivity contribution in [3.05, 3.63) is 65.2 Å². The SMILES string of the molecule is O=C(NCCCN1C(=O)c2ccccc2C1=O)Nc1ccc(C(=O)O)cc1. The lowest BCUT2D eigenvalue weighted by molar-refractivity contribution is 0.0649. The van der Waals surface area contributed by atoms with Gasteiger partial charge in [-0.2, -0.15) is 0 Å². The number of hydrogen-bond acceptors (Lipinski definition) is 4. The van der Waals surface area contributed by atoms with Crippen molar-refractivity contribution < 1.29 is 24.3 Å². The second-order valence-corrected chi connectivity index (χ2v) is 5.92. The van der Waals surface area contributed by atoms with Crippen LogP contribution in [0.15, 0.2) is 48.5 Å². The molecule has 3 rings (SSSR count). The summed E-state index contributed by atoms with van der Waals surface area (Å²) in [6, 6.07) is 12.0. The summed E-state index contributed by atoms with van der Waals surface area (Å²) < 4.78 is 0. The largest absolute Gasteiger partial charge is 0.478 e. The first-order valence-electron chi connectivity index (χ1n) is 8.31. The van der Waals surface area contributed by atoms with Gasteiger partial charge in [-0.3, -0.25) is 14.5 Å². The summed E-state index contributed by atoms with van der Waals surface area (Å²) in [5, 5.41) is 14.0. The molecule has 8 heteroatoms. The molecule has 1 aliphatic heterocycles. The number of nitrogens with zero attached hydrogens (tertiary/aromatic N) is 1. The maximum absolute atomic E-state index is 12.2. The molecule has 0 radical (unpaired) electrons. The van der Waals surface area contributed by atoms with Gasteiger partial charge in [0.2, 0.25) is 0 Å². The number of carboxylic acid groups (broad SMARTS) is 1. The quantitative estimate of drug-likeness (QED) is 0.535. The van der Waals surface area contributed by atoms with Gasteiger partial charge in [0.1, 0.15) is 0 Å². The van der Waals surface area contributed by atoms with E-state index in [1.54, 1.807) is 24.3 Å². The predicted molar refractivity (Wildman–Crippen MR) is 96.8 cm³/mol. The van der Waals surface area contributed by atoms with Gasteiger partial charge in [-0.15, -0.1) is 0 Å². The number of carbonyl (C=O) groups excluding carboxylic acids is 3. The van der Waals surface area contributed by atoms with Gasteiger partial charge in [-0.1, -0.05) is 12.1 Å². The van der Waals surface area contributed by atoms with E-state index in [9.17, 15) is 19.2 Å². The Morgan fingerprint density at radius 2 is 1.52 bits per heavy atom. The molecule has 138 valence electrons. The van der Waals surface area contributed by atoms with Crippen LogP contribution in [0.2, 0.25) is 0 Å². The van der Waals surface area contributed by atoms with E-state index in [1.807, 2.05) is 0 Å². The Morgan fingerprint density at radius 1 is 0.926 bits per heavy atom. The molecule has 2 aromatic carbocycles. The minimum Gasteiger partial charge on any atom is -0.478 e. The van der Waals surface area contributed by atoms with E-state index in [0.717, 1.165) is 0 Å². The van der Waals surface area contributed by atoms with Crippen molar-refractivity contribution in [3.63, 3.8) is 0 Å². The average molecular weight is 367 g/mol. The number of rotatable bonds is 6. The highest BCUT2D eigenvalue weighted by Gasteiger charge is 2.34. The number of amides is 4. The van der Waals surface area contributed by atoms with Crippen molar-refractivity contribution in [2.45, 2.75) is 6.42 Å². The van der Waals surface area contributed by atoms with Gasteiger partial charge in [0.15, 0.2) is 0 Å². The number of nitrogens with one attached hydrogen (secondary N) is 2. The molecule has 8 nitrogen and oxygen atoms in total. The van der Waals surface area contributed by atoms with Crippen LogP contribution < -0.4 is 10.6 Å². The molecule has 27 heavy (non-hydrogen) atoms.